The quantitative estimate of drug-likeness (QED) is 0.244. The normalized spacial score (nSPS) is 15.8. The van der Waals surface area contributed by atoms with Gasteiger partial charge in [0.25, 0.3) is 11.8 Å². The monoisotopic (exact) mass is 627 g/mol. The number of pyridine rings is 2. The number of carbonyl (C=O) groups is 3. The lowest BCUT2D eigenvalue weighted by Gasteiger charge is -2.34. The van der Waals surface area contributed by atoms with E-state index in [2.05, 4.69) is 20.6 Å². The second-order valence-corrected chi connectivity index (χ2v) is 10.6. The number of nitrogens with zero attached hydrogens (tertiary/aromatic N) is 3. The first kappa shape index (κ1) is 30.0. The van der Waals surface area contributed by atoms with Gasteiger partial charge in [-0.1, -0.05) is 35.3 Å². The van der Waals surface area contributed by atoms with E-state index in [4.69, 9.17) is 23.2 Å². The van der Waals surface area contributed by atoms with Gasteiger partial charge in [-0.2, -0.15) is 13.2 Å². The Bertz CT molecular complexity index is 1700. The Kier molecular flexibility index (Phi) is 8.38. The van der Waals surface area contributed by atoms with E-state index in [1.54, 1.807) is 49.5 Å². The number of hydrogen-bond acceptors (Lipinski definition) is 5. The highest BCUT2D eigenvalue weighted by Crippen LogP contribution is 2.34. The highest BCUT2D eigenvalue weighted by Gasteiger charge is 2.39. The fraction of sp³-hybridized carbons (Fsp3) is 0.167. The molecule has 220 valence electrons. The van der Waals surface area contributed by atoms with Crippen molar-refractivity contribution in [2.24, 2.45) is 0 Å². The van der Waals surface area contributed by atoms with Gasteiger partial charge in [-0.3, -0.25) is 19.4 Å². The third kappa shape index (κ3) is 6.47. The Balaban J connectivity index is 1.44. The number of nitrogens with one attached hydrogen (secondary N) is 2. The topological polar surface area (TPSA) is 104 Å². The first-order valence-electron chi connectivity index (χ1n) is 12.9. The van der Waals surface area contributed by atoms with Crippen LogP contribution >= 0.6 is 23.2 Å². The van der Waals surface area contributed by atoms with Crippen LogP contribution in [0.5, 0.6) is 0 Å². The van der Waals surface area contributed by atoms with Crippen LogP contribution < -0.4 is 10.6 Å². The van der Waals surface area contributed by atoms with Crippen LogP contribution in [0.4, 0.5) is 24.7 Å². The molecule has 43 heavy (non-hydrogen) atoms. The van der Waals surface area contributed by atoms with Crippen molar-refractivity contribution in [2.75, 3.05) is 10.6 Å². The average Bonchev–Trinajstić information content (AvgIpc) is 3.06. The van der Waals surface area contributed by atoms with Crippen LogP contribution in [-0.2, 0) is 17.4 Å². The predicted octanol–water partition coefficient (Wildman–Crippen LogP) is 6.82. The van der Waals surface area contributed by atoms with Crippen LogP contribution in [0.15, 0.2) is 79.1 Å². The summed E-state index contributed by atoms with van der Waals surface area (Å²) in [5.74, 6) is -1.65. The fourth-order valence-corrected chi connectivity index (χ4v) is 5.19. The van der Waals surface area contributed by atoms with Crippen molar-refractivity contribution in [2.45, 2.75) is 31.6 Å². The Morgan fingerprint density at radius 2 is 1.84 bits per heavy atom. The molecule has 0 bridgehead atoms. The smallest absolute Gasteiger partial charge is 0.323 e. The molecule has 0 saturated carbocycles. The Labute approximate surface area is 253 Å². The van der Waals surface area contributed by atoms with Crippen LogP contribution in [0.25, 0.3) is 0 Å². The van der Waals surface area contributed by atoms with E-state index in [0.717, 1.165) is 12.1 Å². The molecule has 3 heterocycles. The predicted molar refractivity (Wildman–Crippen MR) is 155 cm³/mol. The lowest BCUT2D eigenvalue weighted by Crippen LogP contribution is -2.47. The molecule has 2 unspecified atom stereocenters. The first-order valence-corrected chi connectivity index (χ1v) is 13.6. The standard InChI is InChI=1S/C30H22Cl2F3N5O3/c1-16(17-5-8-21(23(32)12-17)27(41)39-26-10-6-18(15-37-26)30(33,34)35)40-25(14-20-4-2-3-11-36-20)28(42)38-24-13-19(31)7-9-22(24)29(40)43/h2-13,15-16,25H,14H2,1H3,(H,38,42)(H,37,39,41). The maximum atomic E-state index is 14.0. The summed E-state index contributed by atoms with van der Waals surface area (Å²) in [5.41, 5.74) is 0.733. The minimum Gasteiger partial charge on any atom is -0.323 e. The molecule has 2 N–H and O–H groups in total. The molecule has 8 nitrogen and oxygen atoms in total. The third-order valence-corrected chi connectivity index (χ3v) is 7.49. The molecule has 1 aliphatic rings. The van der Waals surface area contributed by atoms with E-state index in [-0.39, 0.29) is 34.1 Å². The van der Waals surface area contributed by atoms with Crippen LogP contribution in [0.1, 0.15) is 50.5 Å². The molecule has 0 fully saturated rings. The van der Waals surface area contributed by atoms with Gasteiger partial charge in [0.05, 0.1) is 33.4 Å². The SMILES string of the molecule is CC(c1ccc(C(=O)Nc2ccc(C(F)(F)F)cn2)c(Cl)c1)N1C(=O)c2ccc(Cl)cc2NC(=O)C1Cc1ccccn1. The maximum Gasteiger partial charge on any atom is 0.417 e. The Morgan fingerprint density at radius 1 is 1.05 bits per heavy atom. The third-order valence-electron chi connectivity index (χ3n) is 6.94. The van der Waals surface area contributed by atoms with E-state index >= 15 is 0 Å². The summed E-state index contributed by atoms with van der Waals surface area (Å²) in [6, 6.07) is 14.6. The van der Waals surface area contributed by atoms with E-state index in [0.29, 0.717) is 22.5 Å². The van der Waals surface area contributed by atoms with Crippen LogP contribution in [0.3, 0.4) is 0 Å². The zero-order chi connectivity index (χ0) is 30.9. The van der Waals surface area contributed by atoms with Crippen LogP contribution in [0.2, 0.25) is 10.0 Å². The summed E-state index contributed by atoms with van der Waals surface area (Å²) in [5, 5.41) is 5.60. The number of anilines is 2. The Hall–Kier alpha value is -4.48. The number of rotatable bonds is 6. The molecule has 3 amide bonds. The van der Waals surface area contributed by atoms with E-state index in [1.165, 1.54) is 23.1 Å². The van der Waals surface area contributed by atoms with Crippen LogP contribution in [-0.4, -0.2) is 38.6 Å². The molecule has 5 rings (SSSR count). The number of hydrogen-bond donors (Lipinski definition) is 2. The second kappa shape index (κ2) is 12.0. The summed E-state index contributed by atoms with van der Waals surface area (Å²) in [6.45, 7) is 1.73. The van der Waals surface area contributed by atoms with Gasteiger partial charge in [0.2, 0.25) is 5.91 Å². The van der Waals surface area contributed by atoms with Crippen molar-refractivity contribution in [3.05, 3.63) is 117 Å². The molecule has 0 radical (unpaired) electrons. The number of halogens is 5. The number of benzene rings is 2. The molecule has 2 atom stereocenters. The molecule has 0 spiro atoms. The van der Waals surface area contributed by atoms with Crippen molar-refractivity contribution in [1.82, 2.24) is 14.9 Å². The summed E-state index contributed by atoms with van der Waals surface area (Å²) >= 11 is 12.6. The van der Waals surface area contributed by atoms with Crippen molar-refractivity contribution in [3.63, 3.8) is 0 Å². The fourth-order valence-electron chi connectivity index (χ4n) is 4.74. The summed E-state index contributed by atoms with van der Waals surface area (Å²) in [4.78, 5) is 49.8. The largest absolute Gasteiger partial charge is 0.417 e. The average molecular weight is 628 g/mol. The molecule has 13 heteroatoms. The van der Waals surface area contributed by atoms with Gasteiger partial charge in [-0.05, 0) is 67.1 Å². The van der Waals surface area contributed by atoms with Crippen molar-refractivity contribution in [1.29, 1.82) is 0 Å². The summed E-state index contributed by atoms with van der Waals surface area (Å²) in [6.07, 6.45) is -2.23. The van der Waals surface area contributed by atoms with Gasteiger partial charge in [-0.25, -0.2) is 4.98 Å². The summed E-state index contributed by atoms with van der Waals surface area (Å²) in [7, 11) is 0. The van der Waals surface area contributed by atoms with Gasteiger partial charge < -0.3 is 15.5 Å². The second-order valence-electron chi connectivity index (χ2n) is 9.73. The maximum absolute atomic E-state index is 14.0. The van der Waals surface area contributed by atoms with Gasteiger partial charge in [0.15, 0.2) is 0 Å². The molecular weight excluding hydrogens is 606 g/mol. The molecule has 1 aliphatic heterocycles. The minimum atomic E-state index is -4.56. The minimum absolute atomic E-state index is 0.0222. The number of aromatic nitrogens is 2. The lowest BCUT2D eigenvalue weighted by molar-refractivity contribution is -0.137. The first-order chi connectivity index (χ1) is 20.4. The van der Waals surface area contributed by atoms with Gasteiger partial charge in [0, 0.05) is 29.5 Å². The van der Waals surface area contributed by atoms with Gasteiger partial charge in [0.1, 0.15) is 11.9 Å². The molecule has 4 aromatic rings. The molecule has 0 aliphatic carbocycles. The number of fused-ring (bicyclic) bond motifs is 1. The number of alkyl halides is 3. The van der Waals surface area contributed by atoms with Crippen molar-refractivity contribution >= 4 is 52.4 Å². The zero-order valence-corrected chi connectivity index (χ0v) is 23.8. The Morgan fingerprint density at radius 3 is 2.49 bits per heavy atom. The van der Waals surface area contributed by atoms with E-state index in [1.807, 2.05) is 0 Å². The van der Waals surface area contributed by atoms with Gasteiger partial charge >= 0.3 is 6.18 Å². The van der Waals surface area contributed by atoms with Crippen molar-refractivity contribution < 1.29 is 27.6 Å². The molecule has 0 saturated heterocycles. The highest BCUT2D eigenvalue weighted by atomic mass is 35.5. The lowest BCUT2D eigenvalue weighted by atomic mass is 9.99. The van der Waals surface area contributed by atoms with Gasteiger partial charge in [-0.15, -0.1) is 0 Å². The number of carbonyl (C=O) groups excluding carboxylic acids is 3. The zero-order valence-electron chi connectivity index (χ0n) is 22.3. The van der Waals surface area contributed by atoms with Crippen molar-refractivity contribution in [3.8, 4) is 0 Å². The van der Waals surface area contributed by atoms with E-state index < -0.39 is 41.5 Å². The molecule has 2 aromatic carbocycles. The molecular formula is C30H22Cl2F3N5O3. The number of amides is 3. The summed E-state index contributed by atoms with van der Waals surface area (Å²) < 4.78 is 38.5. The highest BCUT2D eigenvalue weighted by molar-refractivity contribution is 6.34. The van der Waals surface area contributed by atoms with Crippen LogP contribution in [0, 0.1) is 0 Å². The molecule has 2 aromatic heterocycles. The van der Waals surface area contributed by atoms with E-state index in [9.17, 15) is 27.6 Å².